The molecule has 0 saturated heterocycles. The molecule has 0 heterocycles. The van der Waals surface area contributed by atoms with E-state index < -0.39 is 0 Å². The van der Waals surface area contributed by atoms with Crippen LogP contribution in [-0.2, 0) is 6.42 Å². The van der Waals surface area contributed by atoms with E-state index in [0.29, 0.717) is 6.42 Å². The molecule has 1 atom stereocenters. The zero-order valence-corrected chi connectivity index (χ0v) is 11.6. The average molecular weight is 270 g/mol. The molecule has 1 aromatic carbocycles. The molecule has 0 spiro atoms. The highest BCUT2D eigenvalue weighted by Crippen LogP contribution is 2.39. The minimum atomic E-state index is -0.352. The van der Waals surface area contributed by atoms with E-state index in [1.165, 1.54) is 38.2 Å². The Morgan fingerprint density at radius 2 is 2.00 bits per heavy atom. The zero-order valence-electron chi connectivity index (χ0n) is 10.9. The van der Waals surface area contributed by atoms with Gasteiger partial charge in [-0.3, -0.25) is 0 Å². The van der Waals surface area contributed by atoms with Crippen molar-refractivity contribution in [2.75, 3.05) is 0 Å². The number of hydrogen-bond acceptors (Lipinski definition) is 1. The Kier molecular flexibility index (Phi) is 4.29. The second kappa shape index (κ2) is 5.58. The molecular weight excluding hydrogens is 249 g/mol. The molecule has 2 N–H and O–H groups in total. The van der Waals surface area contributed by atoms with Crippen LogP contribution in [0.3, 0.4) is 0 Å². The van der Waals surface area contributed by atoms with Gasteiger partial charge in [-0.2, -0.15) is 0 Å². The van der Waals surface area contributed by atoms with Gasteiger partial charge in [0, 0.05) is 6.04 Å². The van der Waals surface area contributed by atoms with Crippen LogP contribution in [0, 0.1) is 11.2 Å². The van der Waals surface area contributed by atoms with Gasteiger partial charge in [0.25, 0.3) is 0 Å². The maximum absolute atomic E-state index is 13.4. The lowest BCUT2D eigenvalue weighted by Gasteiger charge is -2.39. The Labute approximate surface area is 114 Å². The van der Waals surface area contributed by atoms with E-state index in [1.54, 1.807) is 6.07 Å². The molecule has 1 aliphatic rings. The Hall–Kier alpha value is -0.600. The van der Waals surface area contributed by atoms with Gasteiger partial charge in [0.1, 0.15) is 5.82 Å². The van der Waals surface area contributed by atoms with E-state index in [2.05, 4.69) is 6.92 Å². The molecule has 18 heavy (non-hydrogen) atoms. The summed E-state index contributed by atoms with van der Waals surface area (Å²) in [7, 11) is 0. The van der Waals surface area contributed by atoms with Crippen molar-refractivity contribution in [1.82, 2.24) is 0 Å². The zero-order chi connectivity index (χ0) is 13.2. The van der Waals surface area contributed by atoms with Crippen molar-refractivity contribution in [2.24, 2.45) is 11.1 Å². The fraction of sp³-hybridized carbons (Fsp3) is 0.600. The molecule has 0 radical (unpaired) electrons. The fourth-order valence-electron chi connectivity index (χ4n) is 2.92. The van der Waals surface area contributed by atoms with Crippen LogP contribution in [0.15, 0.2) is 18.2 Å². The summed E-state index contributed by atoms with van der Waals surface area (Å²) in [5.74, 6) is -0.352. The summed E-state index contributed by atoms with van der Waals surface area (Å²) in [6.07, 6.45) is 6.81. The maximum Gasteiger partial charge on any atom is 0.142 e. The van der Waals surface area contributed by atoms with Gasteiger partial charge in [0.2, 0.25) is 0 Å². The largest absolute Gasteiger partial charge is 0.327 e. The third-order valence-corrected chi connectivity index (χ3v) is 4.79. The van der Waals surface area contributed by atoms with Crippen LogP contribution in [0.2, 0.25) is 5.02 Å². The third kappa shape index (κ3) is 2.86. The smallest absolute Gasteiger partial charge is 0.142 e. The van der Waals surface area contributed by atoms with Crippen LogP contribution in [0.1, 0.15) is 44.6 Å². The first-order valence-corrected chi connectivity index (χ1v) is 7.09. The topological polar surface area (TPSA) is 26.0 Å². The van der Waals surface area contributed by atoms with E-state index >= 15 is 0 Å². The molecule has 1 aromatic rings. The highest BCUT2D eigenvalue weighted by atomic mass is 35.5. The second-order valence-electron chi connectivity index (χ2n) is 5.74. The standard InChI is InChI=1S/C15H21ClFN/c1-15(8-3-2-4-9-15)13(18)10-11-6-5-7-12(17)14(11)16/h5-7,13H,2-4,8-10,18H2,1H3. The lowest BCUT2D eigenvalue weighted by Crippen LogP contribution is -2.42. The van der Waals surface area contributed by atoms with Crippen LogP contribution < -0.4 is 5.73 Å². The predicted molar refractivity (Wildman–Crippen MR) is 74.3 cm³/mol. The highest BCUT2D eigenvalue weighted by molar-refractivity contribution is 6.31. The highest BCUT2D eigenvalue weighted by Gasteiger charge is 2.33. The van der Waals surface area contributed by atoms with E-state index in [1.807, 2.05) is 6.07 Å². The number of rotatable bonds is 3. The van der Waals surface area contributed by atoms with Gasteiger partial charge in [0.05, 0.1) is 5.02 Å². The van der Waals surface area contributed by atoms with Crippen molar-refractivity contribution >= 4 is 11.6 Å². The first kappa shape index (κ1) is 13.8. The molecule has 0 amide bonds. The number of nitrogens with two attached hydrogens (primary N) is 1. The van der Waals surface area contributed by atoms with Crippen LogP contribution >= 0.6 is 11.6 Å². The summed E-state index contributed by atoms with van der Waals surface area (Å²) in [5.41, 5.74) is 7.36. The van der Waals surface area contributed by atoms with Crippen LogP contribution in [0.4, 0.5) is 4.39 Å². The van der Waals surface area contributed by atoms with E-state index in [-0.39, 0.29) is 22.3 Å². The van der Waals surface area contributed by atoms with Crippen LogP contribution in [0.5, 0.6) is 0 Å². The van der Waals surface area contributed by atoms with Crippen LogP contribution in [-0.4, -0.2) is 6.04 Å². The molecular formula is C15H21ClFN. The normalized spacial score (nSPS) is 20.7. The van der Waals surface area contributed by atoms with E-state index in [0.717, 1.165) is 5.56 Å². The summed E-state index contributed by atoms with van der Waals surface area (Å²) in [4.78, 5) is 0. The van der Waals surface area contributed by atoms with Gasteiger partial charge >= 0.3 is 0 Å². The van der Waals surface area contributed by atoms with E-state index in [9.17, 15) is 4.39 Å². The van der Waals surface area contributed by atoms with Crippen molar-refractivity contribution in [3.05, 3.63) is 34.6 Å². The minimum Gasteiger partial charge on any atom is -0.327 e. The number of halogens is 2. The monoisotopic (exact) mass is 269 g/mol. The molecule has 0 aliphatic heterocycles. The Bertz CT molecular complexity index is 413. The maximum atomic E-state index is 13.4. The quantitative estimate of drug-likeness (QED) is 0.869. The van der Waals surface area contributed by atoms with Gasteiger partial charge < -0.3 is 5.73 Å². The van der Waals surface area contributed by atoms with Crippen molar-refractivity contribution in [3.8, 4) is 0 Å². The molecule has 100 valence electrons. The molecule has 1 aliphatic carbocycles. The summed E-state index contributed by atoms with van der Waals surface area (Å²) in [6, 6.07) is 5.01. The lowest BCUT2D eigenvalue weighted by molar-refractivity contribution is 0.168. The molecule has 0 bridgehead atoms. The number of hydrogen-bond donors (Lipinski definition) is 1. The SMILES string of the molecule is CC1(C(N)Cc2cccc(F)c2Cl)CCCCC1. The summed E-state index contributed by atoms with van der Waals surface area (Å²) in [5, 5.41) is 0.229. The first-order valence-electron chi connectivity index (χ1n) is 6.71. The molecule has 1 saturated carbocycles. The van der Waals surface area contributed by atoms with Crippen molar-refractivity contribution < 1.29 is 4.39 Å². The minimum absolute atomic E-state index is 0.0529. The molecule has 1 unspecified atom stereocenters. The Morgan fingerprint density at radius 3 is 2.67 bits per heavy atom. The molecule has 2 rings (SSSR count). The van der Waals surface area contributed by atoms with Gasteiger partial charge in [-0.15, -0.1) is 0 Å². The average Bonchev–Trinajstić information content (AvgIpc) is 2.36. The summed E-state index contributed by atoms with van der Waals surface area (Å²) >= 11 is 5.99. The lowest BCUT2D eigenvalue weighted by atomic mass is 9.69. The summed E-state index contributed by atoms with van der Waals surface area (Å²) < 4.78 is 13.4. The molecule has 0 aromatic heterocycles. The van der Waals surface area contributed by atoms with Crippen molar-refractivity contribution in [3.63, 3.8) is 0 Å². The van der Waals surface area contributed by atoms with Gasteiger partial charge in [-0.25, -0.2) is 4.39 Å². The molecule has 3 heteroatoms. The van der Waals surface area contributed by atoms with E-state index in [4.69, 9.17) is 17.3 Å². The van der Waals surface area contributed by atoms with Crippen molar-refractivity contribution in [1.29, 1.82) is 0 Å². The molecule has 1 fully saturated rings. The van der Waals surface area contributed by atoms with Gasteiger partial charge in [0.15, 0.2) is 0 Å². The number of benzene rings is 1. The van der Waals surface area contributed by atoms with Gasteiger partial charge in [-0.1, -0.05) is 49.9 Å². The Balaban J connectivity index is 2.10. The first-order chi connectivity index (χ1) is 8.53. The summed E-state index contributed by atoms with van der Waals surface area (Å²) in [6.45, 7) is 2.25. The third-order valence-electron chi connectivity index (χ3n) is 4.36. The molecule has 1 nitrogen and oxygen atoms in total. The second-order valence-corrected chi connectivity index (χ2v) is 6.12. The van der Waals surface area contributed by atoms with Gasteiger partial charge in [-0.05, 0) is 36.3 Å². The Morgan fingerprint density at radius 1 is 1.33 bits per heavy atom. The van der Waals surface area contributed by atoms with Crippen molar-refractivity contribution in [2.45, 2.75) is 51.5 Å². The van der Waals surface area contributed by atoms with Crippen LogP contribution in [0.25, 0.3) is 0 Å². The predicted octanol–water partition coefficient (Wildman–Crippen LogP) is 4.32. The fourth-order valence-corrected chi connectivity index (χ4v) is 3.12.